The maximum Gasteiger partial charge on any atom is 0.0564 e. The number of aliphatic hydroxyl groups excluding tert-OH is 1. The monoisotopic (exact) mass is 237 g/mol. The average molecular weight is 238 g/mol. The highest BCUT2D eigenvalue weighted by molar-refractivity contribution is 7.99. The average Bonchev–Trinajstić information content (AvgIpc) is 2.05. The van der Waals surface area contributed by atoms with E-state index in [0.717, 1.165) is 31.2 Å². The zero-order chi connectivity index (χ0) is 9.10. The van der Waals surface area contributed by atoms with Gasteiger partial charge in [-0.15, -0.1) is 24.2 Å². The van der Waals surface area contributed by atoms with Gasteiger partial charge in [0.15, 0.2) is 0 Å². The molecular weight excluding hydrogens is 218 g/mol. The topological polar surface area (TPSA) is 23.5 Å². The van der Waals surface area contributed by atoms with Crippen molar-refractivity contribution >= 4 is 24.2 Å². The third-order valence-corrected chi connectivity index (χ3v) is 4.56. The maximum absolute atomic E-state index is 9.33. The minimum absolute atomic E-state index is 0. The molecule has 0 amide bonds. The van der Waals surface area contributed by atoms with E-state index < -0.39 is 0 Å². The molecular formula is C10H20ClNOS. The van der Waals surface area contributed by atoms with Crippen LogP contribution in [0.2, 0.25) is 0 Å². The summed E-state index contributed by atoms with van der Waals surface area (Å²) in [5.41, 5.74) is 0. The lowest BCUT2D eigenvalue weighted by atomic mass is 10.0. The van der Waals surface area contributed by atoms with Crippen LogP contribution in [0.5, 0.6) is 0 Å². The van der Waals surface area contributed by atoms with E-state index in [1.165, 1.54) is 25.1 Å². The summed E-state index contributed by atoms with van der Waals surface area (Å²) in [5, 5.41) is 10.3. The first-order valence-electron chi connectivity index (χ1n) is 5.36. The summed E-state index contributed by atoms with van der Waals surface area (Å²) in [6.07, 6.45) is 6.24. The summed E-state index contributed by atoms with van der Waals surface area (Å²) in [6.45, 7) is 2.20. The van der Waals surface area contributed by atoms with Gasteiger partial charge in [-0.25, -0.2) is 0 Å². The molecule has 2 rings (SSSR count). The van der Waals surface area contributed by atoms with E-state index in [2.05, 4.69) is 16.7 Å². The second-order valence-electron chi connectivity index (χ2n) is 4.20. The zero-order valence-electron chi connectivity index (χ0n) is 8.52. The van der Waals surface area contributed by atoms with Crippen molar-refractivity contribution in [3.63, 3.8) is 0 Å². The smallest absolute Gasteiger partial charge is 0.0564 e. The molecule has 0 atom stereocenters. The lowest BCUT2D eigenvalue weighted by Crippen LogP contribution is -2.36. The van der Waals surface area contributed by atoms with E-state index in [4.69, 9.17) is 0 Å². The highest BCUT2D eigenvalue weighted by atomic mass is 35.5. The number of hydrogen-bond acceptors (Lipinski definition) is 3. The highest BCUT2D eigenvalue weighted by Gasteiger charge is 2.21. The van der Waals surface area contributed by atoms with Crippen molar-refractivity contribution in [2.75, 3.05) is 19.0 Å². The van der Waals surface area contributed by atoms with Crippen LogP contribution < -0.4 is 0 Å². The summed E-state index contributed by atoms with van der Waals surface area (Å²) in [6, 6.07) is 0. The van der Waals surface area contributed by atoms with Crippen LogP contribution in [0.4, 0.5) is 0 Å². The molecule has 2 fully saturated rings. The predicted octanol–water partition coefficient (Wildman–Crippen LogP) is 2.11. The van der Waals surface area contributed by atoms with Gasteiger partial charge in [-0.3, -0.25) is 4.90 Å². The lowest BCUT2D eigenvalue weighted by Gasteiger charge is -2.32. The molecule has 0 aromatic rings. The highest BCUT2D eigenvalue weighted by Crippen LogP contribution is 2.31. The molecule has 2 nitrogen and oxygen atoms in total. The number of piperidine rings is 1. The van der Waals surface area contributed by atoms with Gasteiger partial charge in [-0.1, -0.05) is 6.42 Å². The minimum Gasteiger partial charge on any atom is -0.393 e. The SMILES string of the molecule is Cl.OC1CCN(CSC2CCC2)CC1. The Hall–Kier alpha value is 0.560. The van der Waals surface area contributed by atoms with Crippen molar-refractivity contribution in [2.45, 2.75) is 43.5 Å². The molecule has 1 N–H and O–H groups in total. The molecule has 1 aliphatic carbocycles. The summed E-state index contributed by atoms with van der Waals surface area (Å²) < 4.78 is 0. The molecule has 0 bridgehead atoms. The fraction of sp³-hybridized carbons (Fsp3) is 1.00. The minimum atomic E-state index is -0.0232. The van der Waals surface area contributed by atoms with Gasteiger partial charge in [0.2, 0.25) is 0 Å². The molecule has 4 heteroatoms. The first-order valence-corrected chi connectivity index (χ1v) is 6.41. The molecule has 0 radical (unpaired) electrons. The fourth-order valence-electron chi connectivity index (χ4n) is 1.80. The van der Waals surface area contributed by atoms with Gasteiger partial charge in [0.1, 0.15) is 0 Å². The Kier molecular flexibility index (Phi) is 5.60. The molecule has 1 aliphatic heterocycles. The molecule has 0 unspecified atom stereocenters. The van der Waals surface area contributed by atoms with E-state index in [1.54, 1.807) is 0 Å². The molecule has 1 heterocycles. The van der Waals surface area contributed by atoms with E-state index in [0.29, 0.717) is 0 Å². The van der Waals surface area contributed by atoms with Gasteiger partial charge in [0.25, 0.3) is 0 Å². The van der Waals surface area contributed by atoms with Crippen molar-refractivity contribution in [3.8, 4) is 0 Å². The van der Waals surface area contributed by atoms with Gasteiger partial charge in [0.05, 0.1) is 6.10 Å². The number of aliphatic hydroxyl groups is 1. The molecule has 84 valence electrons. The predicted molar refractivity (Wildman–Crippen MR) is 64.2 cm³/mol. The number of likely N-dealkylation sites (tertiary alicyclic amines) is 1. The Morgan fingerprint density at radius 3 is 2.29 bits per heavy atom. The van der Waals surface area contributed by atoms with E-state index in [1.807, 2.05) is 0 Å². The Morgan fingerprint density at radius 2 is 1.79 bits per heavy atom. The van der Waals surface area contributed by atoms with Crippen molar-refractivity contribution in [1.29, 1.82) is 0 Å². The molecule has 14 heavy (non-hydrogen) atoms. The van der Waals surface area contributed by atoms with Crippen LogP contribution in [0.3, 0.4) is 0 Å². The van der Waals surface area contributed by atoms with E-state index >= 15 is 0 Å². The summed E-state index contributed by atoms with van der Waals surface area (Å²) in [7, 11) is 0. The van der Waals surface area contributed by atoms with Crippen LogP contribution in [0.25, 0.3) is 0 Å². The van der Waals surface area contributed by atoms with Gasteiger partial charge in [-0.2, -0.15) is 0 Å². The third kappa shape index (κ3) is 3.61. The molecule has 1 saturated carbocycles. The molecule has 0 aromatic heterocycles. The fourth-order valence-corrected chi connectivity index (χ4v) is 3.14. The maximum atomic E-state index is 9.33. The van der Waals surface area contributed by atoms with Crippen LogP contribution in [-0.4, -0.2) is 40.3 Å². The van der Waals surface area contributed by atoms with Gasteiger partial charge in [-0.05, 0) is 25.7 Å². The van der Waals surface area contributed by atoms with Crippen molar-refractivity contribution in [1.82, 2.24) is 4.90 Å². The standard InChI is InChI=1S/C10H19NOS.ClH/c12-9-4-6-11(7-5-9)8-13-10-2-1-3-10;/h9-10,12H,1-8H2;1H. The number of thioether (sulfide) groups is 1. The van der Waals surface area contributed by atoms with Gasteiger partial charge in [0, 0.05) is 24.2 Å². The first kappa shape index (κ1) is 12.6. The third-order valence-electron chi connectivity index (χ3n) is 3.10. The van der Waals surface area contributed by atoms with Crippen LogP contribution in [0.1, 0.15) is 32.1 Å². The Morgan fingerprint density at radius 1 is 1.14 bits per heavy atom. The van der Waals surface area contributed by atoms with E-state index in [-0.39, 0.29) is 18.5 Å². The number of nitrogens with zero attached hydrogens (tertiary/aromatic N) is 1. The van der Waals surface area contributed by atoms with Crippen LogP contribution >= 0.6 is 24.2 Å². The summed E-state index contributed by atoms with van der Waals surface area (Å²) in [5.74, 6) is 1.19. The summed E-state index contributed by atoms with van der Waals surface area (Å²) in [4.78, 5) is 2.48. The first-order chi connectivity index (χ1) is 6.34. The Bertz CT molecular complexity index is 158. The van der Waals surface area contributed by atoms with Crippen LogP contribution in [-0.2, 0) is 0 Å². The lowest BCUT2D eigenvalue weighted by molar-refractivity contribution is 0.0915. The second-order valence-corrected chi connectivity index (χ2v) is 5.46. The number of rotatable bonds is 3. The van der Waals surface area contributed by atoms with Gasteiger partial charge < -0.3 is 5.11 Å². The van der Waals surface area contributed by atoms with Gasteiger partial charge >= 0.3 is 0 Å². The second kappa shape index (κ2) is 6.21. The van der Waals surface area contributed by atoms with Crippen LogP contribution in [0, 0.1) is 0 Å². The Labute approximate surface area is 96.8 Å². The quantitative estimate of drug-likeness (QED) is 0.814. The molecule has 0 aromatic carbocycles. The van der Waals surface area contributed by atoms with Crippen LogP contribution in [0.15, 0.2) is 0 Å². The van der Waals surface area contributed by atoms with E-state index in [9.17, 15) is 5.11 Å². The summed E-state index contributed by atoms with van der Waals surface area (Å²) >= 11 is 2.12. The number of halogens is 1. The molecule has 0 spiro atoms. The largest absolute Gasteiger partial charge is 0.393 e. The Balaban J connectivity index is 0.000000980. The molecule has 1 saturated heterocycles. The number of hydrogen-bond donors (Lipinski definition) is 1. The van der Waals surface area contributed by atoms with Crippen molar-refractivity contribution in [3.05, 3.63) is 0 Å². The normalized spacial score (nSPS) is 25.5. The van der Waals surface area contributed by atoms with Crippen molar-refractivity contribution in [2.24, 2.45) is 0 Å². The van der Waals surface area contributed by atoms with Crippen molar-refractivity contribution < 1.29 is 5.11 Å². The molecule has 2 aliphatic rings. The zero-order valence-corrected chi connectivity index (χ0v) is 10.2.